The van der Waals surface area contributed by atoms with Gasteiger partial charge in [0.1, 0.15) is 0 Å². The summed E-state index contributed by atoms with van der Waals surface area (Å²) in [5.41, 5.74) is 2.65. The van der Waals surface area contributed by atoms with Crippen LogP contribution >= 0.6 is 7.26 Å². The van der Waals surface area contributed by atoms with E-state index in [0.717, 1.165) is 17.9 Å². The van der Waals surface area contributed by atoms with Gasteiger partial charge in [-0.25, -0.2) is 0 Å². The minimum atomic E-state index is -2.09. The summed E-state index contributed by atoms with van der Waals surface area (Å²) in [6.45, 7) is 2.17. The Labute approximate surface area is 230 Å². The Morgan fingerprint density at radius 2 is 0.947 bits per heavy atom. The third-order valence-corrected chi connectivity index (χ3v) is 13.0. The van der Waals surface area contributed by atoms with E-state index in [9.17, 15) is 0 Å². The molecule has 200 valence electrons. The zero-order chi connectivity index (χ0) is 26.6. The predicted octanol–water partition coefficient (Wildman–Crippen LogP) is 7.62. The van der Waals surface area contributed by atoms with Crippen LogP contribution in [0.1, 0.15) is 49.7 Å². The van der Waals surface area contributed by atoms with Gasteiger partial charge in [0.15, 0.2) is 0 Å². The van der Waals surface area contributed by atoms with Crippen molar-refractivity contribution in [1.82, 2.24) is 0 Å². The number of hydrogen-bond donors (Lipinski definition) is 0. The van der Waals surface area contributed by atoms with Gasteiger partial charge in [-0.1, -0.05) is 0 Å². The van der Waals surface area contributed by atoms with Gasteiger partial charge in [-0.05, 0) is 0 Å². The van der Waals surface area contributed by atoms with Crippen LogP contribution in [-0.4, -0.2) is 20.4 Å². The van der Waals surface area contributed by atoms with Crippen LogP contribution in [0.25, 0.3) is 0 Å². The summed E-state index contributed by atoms with van der Waals surface area (Å²) < 4.78 is 10.9. The van der Waals surface area contributed by atoms with Crippen molar-refractivity contribution in [3.8, 4) is 11.5 Å². The summed E-state index contributed by atoms with van der Waals surface area (Å²) in [6, 6.07) is 38.1. The van der Waals surface area contributed by atoms with Crippen molar-refractivity contribution in [1.29, 1.82) is 0 Å². The first-order chi connectivity index (χ1) is 18.7. The summed E-state index contributed by atoms with van der Waals surface area (Å²) in [7, 11) is 1.32. The van der Waals surface area contributed by atoms with E-state index < -0.39 is 7.26 Å². The minimum Gasteiger partial charge on any atom is 0.0777 e. The normalized spacial score (nSPS) is 11.8. The van der Waals surface area contributed by atoms with Crippen LogP contribution in [0.3, 0.4) is 0 Å². The topological polar surface area (TPSA) is 18.5 Å². The molecule has 0 atom stereocenters. The average Bonchev–Trinajstić information content (AvgIpc) is 2.98. The van der Waals surface area contributed by atoms with E-state index in [1.54, 1.807) is 14.2 Å². The van der Waals surface area contributed by atoms with Crippen molar-refractivity contribution in [3.63, 3.8) is 0 Å². The van der Waals surface area contributed by atoms with Gasteiger partial charge < -0.3 is 4.74 Å². The van der Waals surface area contributed by atoms with Gasteiger partial charge in [-0.2, -0.15) is 0 Å². The molecule has 4 aromatic carbocycles. The van der Waals surface area contributed by atoms with Crippen molar-refractivity contribution < 1.29 is 9.47 Å². The van der Waals surface area contributed by atoms with Crippen molar-refractivity contribution in [3.05, 3.63) is 114 Å². The molecule has 0 heterocycles. The second-order valence-corrected chi connectivity index (χ2v) is 14.3. The van der Waals surface area contributed by atoms with Crippen molar-refractivity contribution >= 4 is 23.2 Å². The molecule has 0 amide bonds. The van der Waals surface area contributed by atoms with Crippen LogP contribution in [0.15, 0.2) is 103 Å². The van der Waals surface area contributed by atoms with Crippen molar-refractivity contribution in [2.75, 3.05) is 20.4 Å². The molecule has 0 aromatic heterocycles. The molecular weight excluding hydrogens is 483 g/mol. The number of benzene rings is 4. The molecule has 0 saturated carbocycles. The Hall–Kier alpha value is -3.09. The average molecular weight is 527 g/mol. The van der Waals surface area contributed by atoms with Gasteiger partial charge in [-0.3, -0.25) is 0 Å². The van der Waals surface area contributed by atoms with E-state index in [1.807, 2.05) is 0 Å². The molecule has 3 heteroatoms. The second kappa shape index (κ2) is 14.2. The summed E-state index contributed by atoms with van der Waals surface area (Å²) in [4.78, 5) is 0. The molecule has 38 heavy (non-hydrogen) atoms. The molecule has 0 unspecified atom stereocenters. The monoisotopic (exact) mass is 526 g/mol. The van der Waals surface area contributed by atoms with E-state index >= 15 is 0 Å². The SMILES string of the molecule is COc1cc(C)c(CCCCCCCC[PH](c2ccccc2)(c2ccccc2)c2ccccc2)cc1OC. The summed E-state index contributed by atoms with van der Waals surface area (Å²) in [5.74, 6) is 1.64. The van der Waals surface area contributed by atoms with E-state index in [0.29, 0.717) is 0 Å². The fraction of sp³-hybridized carbons (Fsp3) is 0.314. The van der Waals surface area contributed by atoms with Crippen LogP contribution in [0.4, 0.5) is 0 Å². The first-order valence-electron chi connectivity index (χ1n) is 14.1. The van der Waals surface area contributed by atoms with E-state index in [2.05, 4.69) is 110 Å². The molecule has 2 nitrogen and oxygen atoms in total. The molecule has 0 N–H and O–H groups in total. The Kier molecular flexibility index (Phi) is 10.4. The molecular formula is C35H43O2P. The van der Waals surface area contributed by atoms with Crippen LogP contribution in [0.5, 0.6) is 11.5 Å². The van der Waals surface area contributed by atoms with Crippen LogP contribution < -0.4 is 25.4 Å². The fourth-order valence-corrected chi connectivity index (χ4v) is 10.7. The minimum absolute atomic E-state index is 0.815. The molecule has 4 aromatic rings. The van der Waals surface area contributed by atoms with Crippen LogP contribution in [0.2, 0.25) is 0 Å². The molecule has 0 spiro atoms. The smallest absolute Gasteiger partial charge is 0.0777 e. The number of rotatable bonds is 14. The standard InChI is InChI=1S/C35H43O2P/c1-29-27-34(36-2)35(37-3)28-30(29)19-11-6-4-5-7-18-26-38(31-20-12-8-13-21-31,32-22-14-9-15-23-32)33-24-16-10-17-25-33/h8-10,12-17,20-25,27-28,38H,4-7,11,18-19,26H2,1-3H3. The van der Waals surface area contributed by atoms with Crippen LogP contribution in [-0.2, 0) is 6.42 Å². The van der Waals surface area contributed by atoms with Gasteiger partial charge in [0.25, 0.3) is 0 Å². The van der Waals surface area contributed by atoms with Gasteiger partial charge >= 0.3 is 212 Å². The van der Waals surface area contributed by atoms with Crippen LogP contribution in [0, 0.1) is 6.92 Å². The molecule has 0 radical (unpaired) electrons. The van der Waals surface area contributed by atoms with E-state index in [-0.39, 0.29) is 0 Å². The molecule has 0 fully saturated rings. The van der Waals surface area contributed by atoms with Gasteiger partial charge in [0.05, 0.1) is 14.2 Å². The molecule has 4 rings (SSSR count). The number of ether oxygens (including phenoxy) is 2. The Balaban J connectivity index is 1.36. The first kappa shape index (κ1) is 27.9. The third-order valence-electron chi connectivity index (χ3n) is 7.89. The summed E-state index contributed by atoms with van der Waals surface area (Å²) in [5, 5.41) is 4.55. The molecule has 0 bridgehead atoms. The third kappa shape index (κ3) is 6.66. The fourth-order valence-electron chi connectivity index (χ4n) is 5.81. The summed E-state index contributed by atoms with van der Waals surface area (Å²) in [6.07, 6.45) is 9.97. The quantitative estimate of drug-likeness (QED) is 0.124. The maximum absolute atomic E-state index is 5.51. The molecule has 0 aliphatic heterocycles. The van der Waals surface area contributed by atoms with Gasteiger partial charge in [-0.15, -0.1) is 0 Å². The van der Waals surface area contributed by atoms with Gasteiger partial charge in [0.2, 0.25) is 0 Å². The van der Waals surface area contributed by atoms with Gasteiger partial charge in [0, 0.05) is 0 Å². The molecule has 0 aliphatic rings. The molecule has 0 aliphatic carbocycles. The first-order valence-corrected chi connectivity index (χ1v) is 16.3. The van der Waals surface area contributed by atoms with E-state index in [1.165, 1.54) is 71.7 Å². The zero-order valence-electron chi connectivity index (χ0n) is 23.3. The van der Waals surface area contributed by atoms with E-state index in [4.69, 9.17) is 9.47 Å². The number of aryl methyl sites for hydroxylation is 2. The molecule has 0 saturated heterocycles. The Morgan fingerprint density at radius 1 is 0.526 bits per heavy atom. The Morgan fingerprint density at radius 3 is 1.42 bits per heavy atom. The number of hydrogen-bond acceptors (Lipinski definition) is 2. The predicted molar refractivity (Wildman–Crippen MR) is 167 cm³/mol. The Bertz CT molecular complexity index is 1140. The number of unbranched alkanes of at least 4 members (excludes halogenated alkanes) is 5. The number of methoxy groups -OCH3 is 2. The maximum atomic E-state index is 5.51. The zero-order valence-corrected chi connectivity index (χ0v) is 24.3. The van der Waals surface area contributed by atoms with Crippen molar-refractivity contribution in [2.45, 2.75) is 51.9 Å². The van der Waals surface area contributed by atoms with Crippen molar-refractivity contribution in [2.24, 2.45) is 0 Å². The second-order valence-electron chi connectivity index (χ2n) is 10.3. The summed E-state index contributed by atoms with van der Waals surface area (Å²) >= 11 is 0.